The van der Waals surface area contributed by atoms with E-state index in [1.54, 1.807) is 12.1 Å². The number of pyridine rings is 1. The summed E-state index contributed by atoms with van der Waals surface area (Å²) < 4.78 is 5.72. The van der Waals surface area contributed by atoms with Gasteiger partial charge in [-0.1, -0.05) is 42.5 Å². The van der Waals surface area contributed by atoms with Crippen LogP contribution in [0.4, 0.5) is 0 Å². The van der Waals surface area contributed by atoms with Gasteiger partial charge in [-0.3, -0.25) is 4.79 Å². The maximum atomic E-state index is 11.1. The molecule has 0 spiro atoms. The van der Waals surface area contributed by atoms with Gasteiger partial charge in [0.1, 0.15) is 5.75 Å². The zero-order valence-corrected chi connectivity index (χ0v) is 16.8. The molecule has 150 valence electrons. The number of nitrogens with two attached hydrogens (primary N) is 1. The van der Waals surface area contributed by atoms with Crippen molar-refractivity contribution >= 4 is 5.91 Å². The van der Waals surface area contributed by atoms with Crippen LogP contribution in [0, 0.1) is 0 Å². The molecular weight excluding hydrogens is 362 g/mol. The fourth-order valence-corrected chi connectivity index (χ4v) is 3.16. The largest absolute Gasteiger partial charge is 0.439 e. The van der Waals surface area contributed by atoms with Crippen molar-refractivity contribution in [2.24, 2.45) is 5.73 Å². The molecule has 3 aromatic rings. The van der Waals surface area contributed by atoms with Crippen molar-refractivity contribution in [3.63, 3.8) is 0 Å². The summed E-state index contributed by atoms with van der Waals surface area (Å²) in [6, 6.07) is 22.5. The van der Waals surface area contributed by atoms with Crippen LogP contribution in [0.5, 0.6) is 11.6 Å². The van der Waals surface area contributed by atoms with E-state index in [1.165, 1.54) is 17.3 Å². The molecule has 2 aromatic carbocycles. The van der Waals surface area contributed by atoms with Crippen LogP contribution in [-0.2, 0) is 6.42 Å². The normalized spacial score (nSPS) is 12.9. The van der Waals surface area contributed by atoms with E-state index in [1.807, 2.05) is 18.2 Å². The molecule has 0 saturated carbocycles. The molecule has 1 amide bonds. The Balaban J connectivity index is 1.48. The highest BCUT2D eigenvalue weighted by molar-refractivity contribution is 5.92. The van der Waals surface area contributed by atoms with Gasteiger partial charge in [0.25, 0.3) is 0 Å². The van der Waals surface area contributed by atoms with Gasteiger partial charge in [0, 0.05) is 24.3 Å². The monoisotopic (exact) mass is 389 g/mol. The smallest absolute Gasteiger partial charge is 0.250 e. The Labute approximate surface area is 171 Å². The Morgan fingerprint density at radius 2 is 1.76 bits per heavy atom. The lowest BCUT2D eigenvalue weighted by Crippen LogP contribution is -2.29. The van der Waals surface area contributed by atoms with Crippen LogP contribution in [-0.4, -0.2) is 16.9 Å². The summed E-state index contributed by atoms with van der Waals surface area (Å²) in [5, 5.41) is 3.66. The first-order valence-electron chi connectivity index (χ1n) is 9.85. The molecular formula is C24H27N3O2. The Hall–Kier alpha value is -3.18. The molecule has 0 bridgehead atoms. The minimum Gasteiger partial charge on any atom is -0.439 e. The number of aryl methyl sites for hydroxylation is 1. The number of rotatable bonds is 9. The predicted molar refractivity (Wildman–Crippen MR) is 115 cm³/mol. The number of carbonyl (C=O) groups is 1. The zero-order valence-electron chi connectivity index (χ0n) is 16.8. The first kappa shape index (κ1) is 20.6. The lowest BCUT2D eigenvalue weighted by Gasteiger charge is -2.20. The molecule has 1 unspecified atom stereocenters. The molecule has 3 rings (SSSR count). The van der Waals surface area contributed by atoms with E-state index in [2.05, 4.69) is 60.5 Å². The third kappa shape index (κ3) is 6.16. The number of carbonyl (C=O) groups excluding carboxylic acids is 1. The molecule has 0 fully saturated rings. The predicted octanol–water partition coefficient (Wildman–Crippen LogP) is 4.64. The van der Waals surface area contributed by atoms with Gasteiger partial charge in [-0.15, -0.1) is 0 Å². The number of aromatic nitrogens is 1. The molecule has 0 aliphatic heterocycles. The molecule has 2 atom stereocenters. The van der Waals surface area contributed by atoms with Gasteiger partial charge in [0.15, 0.2) is 0 Å². The highest BCUT2D eigenvalue weighted by Crippen LogP contribution is 2.21. The van der Waals surface area contributed by atoms with E-state index in [0.717, 1.165) is 12.8 Å². The van der Waals surface area contributed by atoms with Gasteiger partial charge in [0.2, 0.25) is 11.8 Å². The minimum atomic E-state index is -0.504. The lowest BCUT2D eigenvalue weighted by atomic mass is 10.0. The van der Waals surface area contributed by atoms with Gasteiger partial charge >= 0.3 is 0 Å². The molecule has 5 nitrogen and oxygen atoms in total. The van der Waals surface area contributed by atoms with Crippen LogP contribution in [0.1, 0.15) is 47.8 Å². The van der Waals surface area contributed by atoms with Crippen LogP contribution in [0.15, 0.2) is 72.9 Å². The van der Waals surface area contributed by atoms with E-state index in [9.17, 15) is 4.79 Å². The second kappa shape index (κ2) is 9.85. The molecule has 5 heteroatoms. The summed E-state index contributed by atoms with van der Waals surface area (Å²) in [5.41, 5.74) is 8.14. The zero-order chi connectivity index (χ0) is 20.6. The van der Waals surface area contributed by atoms with Gasteiger partial charge < -0.3 is 15.8 Å². The van der Waals surface area contributed by atoms with Gasteiger partial charge in [-0.2, -0.15) is 0 Å². The molecule has 0 aliphatic carbocycles. The van der Waals surface area contributed by atoms with E-state index in [-0.39, 0.29) is 0 Å². The standard InChI is InChI=1S/C24H27N3O2/c1-17(27-18(2)20-6-4-3-5-7-20)8-9-19-10-13-22(14-11-19)29-23-15-12-21(16-26-23)24(25)28/h3-7,10-18,27H,8-9H2,1-2H3,(H2,25,28)/t17?,18-/m0/s1. The number of ether oxygens (including phenoxy) is 1. The average Bonchev–Trinajstić information content (AvgIpc) is 2.74. The van der Waals surface area contributed by atoms with Crippen LogP contribution < -0.4 is 15.8 Å². The van der Waals surface area contributed by atoms with Crippen molar-refractivity contribution in [3.8, 4) is 11.6 Å². The quantitative estimate of drug-likeness (QED) is 0.559. The van der Waals surface area contributed by atoms with Crippen molar-refractivity contribution in [2.45, 2.75) is 38.8 Å². The van der Waals surface area contributed by atoms with Crippen molar-refractivity contribution < 1.29 is 9.53 Å². The minimum absolute atomic E-state index is 0.329. The van der Waals surface area contributed by atoms with E-state index < -0.39 is 5.91 Å². The molecule has 1 aromatic heterocycles. The Morgan fingerprint density at radius 3 is 2.38 bits per heavy atom. The van der Waals surface area contributed by atoms with E-state index >= 15 is 0 Å². The third-order valence-corrected chi connectivity index (χ3v) is 4.87. The number of hydrogen-bond donors (Lipinski definition) is 2. The molecule has 3 N–H and O–H groups in total. The third-order valence-electron chi connectivity index (χ3n) is 4.87. The van der Waals surface area contributed by atoms with Crippen molar-refractivity contribution in [2.75, 3.05) is 0 Å². The second-order valence-corrected chi connectivity index (χ2v) is 7.23. The van der Waals surface area contributed by atoms with Crippen molar-refractivity contribution in [3.05, 3.63) is 89.6 Å². The summed E-state index contributed by atoms with van der Waals surface area (Å²) in [6.07, 6.45) is 3.45. The van der Waals surface area contributed by atoms with Crippen LogP contribution in [0.3, 0.4) is 0 Å². The second-order valence-electron chi connectivity index (χ2n) is 7.23. The summed E-state index contributed by atoms with van der Waals surface area (Å²) in [7, 11) is 0. The van der Waals surface area contributed by atoms with Gasteiger partial charge in [-0.05, 0) is 56.0 Å². The van der Waals surface area contributed by atoms with Crippen LogP contribution in [0.2, 0.25) is 0 Å². The lowest BCUT2D eigenvalue weighted by molar-refractivity contribution is 0.1000. The summed E-state index contributed by atoms with van der Waals surface area (Å²) >= 11 is 0. The fraction of sp³-hybridized carbons (Fsp3) is 0.250. The number of hydrogen-bond acceptors (Lipinski definition) is 4. The first-order valence-corrected chi connectivity index (χ1v) is 9.85. The summed E-state index contributed by atoms with van der Waals surface area (Å²) in [6.45, 7) is 4.42. The van der Waals surface area contributed by atoms with Crippen LogP contribution >= 0.6 is 0 Å². The maximum Gasteiger partial charge on any atom is 0.250 e. The van der Waals surface area contributed by atoms with E-state index in [0.29, 0.717) is 29.3 Å². The molecule has 0 aliphatic rings. The Bertz CT molecular complexity index is 909. The Morgan fingerprint density at radius 1 is 1.03 bits per heavy atom. The number of nitrogens with zero attached hydrogens (tertiary/aromatic N) is 1. The topological polar surface area (TPSA) is 77.2 Å². The molecule has 1 heterocycles. The fourth-order valence-electron chi connectivity index (χ4n) is 3.16. The first-order chi connectivity index (χ1) is 14.0. The highest BCUT2D eigenvalue weighted by Gasteiger charge is 2.09. The number of amides is 1. The van der Waals surface area contributed by atoms with Crippen molar-refractivity contribution in [1.82, 2.24) is 10.3 Å². The van der Waals surface area contributed by atoms with Crippen LogP contribution in [0.25, 0.3) is 0 Å². The number of benzene rings is 2. The average molecular weight is 389 g/mol. The number of nitrogens with one attached hydrogen (secondary N) is 1. The van der Waals surface area contributed by atoms with Gasteiger partial charge in [-0.25, -0.2) is 4.98 Å². The maximum absolute atomic E-state index is 11.1. The molecule has 0 radical (unpaired) electrons. The number of primary amides is 1. The summed E-state index contributed by atoms with van der Waals surface area (Å²) in [5.74, 6) is 0.628. The van der Waals surface area contributed by atoms with Crippen molar-refractivity contribution in [1.29, 1.82) is 0 Å². The summed E-state index contributed by atoms with van der Waals surface area (Å²) in [4.78, 5) is 15.2. The van der Waals surface area contributed by atoms with E-state index in [4.69, 9.17) is 10.5 Å². The Kier molecular flexibility index (Phi) is 6.98. The van der Waals surface area contributed by atoms with Gasteiger partial charge in [0.05, 0.1) is 5.56 Å². The molecule has 0 saturated heterocycles. The SMILES string of the molecule is CC(CCc1ccc(Oc2ccc(C(N)=O)cn2)cc1)N[C@@H](C)c1ccccc1. The molecule has 29 heavy (non-hydrogen) atoms. The highest BCUT2D eigenvalue weighted by atomic mass is 16.5.